The zero-order valence-corrected chi connectivity index (χ0v) is 11.2. The van der Waals surface area contributed by atoms with Crippen LogP contribution in [0.15, 0.2) is 12.4 Å². The lowest BCUT2D eigenvalue weighted by Gasteiger charge is -2.26. The highest BCUT2D eigenvalue weighted by Crippen LogP contribution is 2.19. The van der Waals surface area contributed by atoms with Crippen molar-refractivity contribution in [3.05, 3.63) is 18.1 Å². The molecule has 0 radical (unpaired) electrons. The summed E-state index contributed by atoms with van der Waals surface area (Å²) in [7, 11) is -0.640. The van der Waals surface area contributed by atoms with Gasteiger partial charge in [0.2, 0.25) is 0 Å². The number of nitrogens with zero attached hydrogens (tertiary/aromatic N) is 3. The first-order valence-electron chi connectivity index (χ1n) is 6.45. The Morgan fingerprint density at radius 1 is 1.28 bits per heavy atom. The zero-order chi connectivity index (χ0) is 12.4. The number of hydrogen-bond acceptors (Lipinski definition) is 5. The fourth-order valence-electron chi connectivity index (χ4n) is 2.01. The predicted molar refractivity (Wildman–Crippen MR) is 72.0 cm³/mol. The molecule has 1 aliphatic carbocycles. The fourth-order valence-corrected chi connectivity index (χ4v) is 3.06. The quantitative estimate of drug-likeness (QED) is 0.849. The summed E-state index contributed by atoms with van der Waals surface area (Å²) in [5.74, 6) is 2.39. The Morgan fingerprint density at radius 2 is 2.06 bits per heavy atom. The average Bonchev–Trinajstić information content (AvgIpc) is 3.22. The normalized spacial score (nSPS) is 21.2. The molecule has 2 aliphatic rings. The minimum atomic E-state index is -0.640. The smallest absolute Gasteiger partial charge is 0.147 e. The van der Waals surface area contributed by atoms with Crippen molar-refractivity contribution < 1.29 is 4.21 Å². The molecule has 3 rings (SSSR count). The van der Waals surface area contributed by atoms with E-state index in [4.69, 9.17) is 0 Å². The van der Waals surface area contributed by atoms with Gasteiger partial charge in [-0.2, -0.15) is 0 Å². The number of hydrogen-bond donors (Lipinski definition) is 1. The Morgan fingerprint density at radius 3 is 2.67 bits per heavy atom. The highest BCUT2D eigenvalue weighted by atomic mass is 32.2. The lowest BCUT2D eigenvalue weighted by atomic mass is 10.4. The highest BCUT2D eigenvalue weighted by molar-refractivity contribution is 7.85. The Kier molecular flexibility index (Phi) is 3.56. The van der Waals surface area contributed by atoms with Crippen LogP contribution in [-0.2, 0) is 17.3 Å². The van der Waals surface area contributed by atoms with E-state index >= 15 is 0 Å². The number of rotatable bonds is 4. The molecular formula is C12H18N4OS. The van der Waals surface area contributed by atoms with Gasteiger partial charge in [-0.25, -0.2) is 4.98 Å². The van der Waals surface area contributed by atoms with Crippen LogP contribution in [0.2, 0.25) is 0 Å². The van der Waals surface area contributed by atoms with E-state index in [2.05, 4.69) is 20.2 Å². The minimum absolute atomic E-state index is 0.640. The van der Waals surface area contributed by atoms with Gasteiger partial charge in [-0.05, 0) is 12.8 Å². The third-order valence-electron chi connectivity index (χ3n) is 3.34. The molecule has 1 aliphatic heterocycles. The topological polar surface area (TPSA) is 58.1 Å². The molecule has 1 aromatic rings. The van der Waals surface area contributed by atoms with E-state index in [9.17, 15) is 4.21 Å². The Labute approximate surface area is 109 Å². The van der Waals surface area contributed by atoms with Crippen molar-refractivity contribution in [2.24, 2.45) is 0 Å². The largest absolute Gasteiger partial charge is 0.354 e. The minimum Gasteiger partial charge on any atom is -0.354 e. The van der Waals surface area contributed by atoms with Crippen LogP contribution in [0, 0.1) is 0 Å². The van der Waals surface area contributed by atoms with Crippen molar-refractivity contribution >= 4 is 16.6 Å². The third kappa shape index (κ3) is 3.05. The van der Waals surface area contributed by atoms with Crippen LogP contribution in [0.5, 0.6) is 0 Å². The molecule has 1 N–H and O–H groups in total. The molecule has 0 bridgehead atoms. The van der Waals surface area contributed by atoms with E-state index in [1.54, 1.807) is 0 Å². The molecule has 18 heavy (non-hydrogen) atoms. The Bertz CT molecular complexity index is 422. The van der Waals surface area contributed by atoms with E-state index in [0.29, 0.717) is 6.04 Å². The molecular weight excluding hydrogens is 248 g/mol. The van der Waals surface area contributed by atoms with E-state index in [1.807, 2.05) is 12.4 Å². The number of aromatic nitrogens is 2. The van der Waals surface area contributed by atoms with Gasteiger partial charge in [0.05, 0.1) is 18.1 Å². The molecule has 0 spiro atoms. The predicted octanol–water partition coefficient (Wildman–Crippen LogP) is 0.297. The Hall–Kier alpha value is -1.01. The molecule has 5 nitrogen and oxygen atoms in total. The van der Waals surface area contributed by atoms with Gasteiger partial charge >= 0.3 is 0 Å². The first-order valence-corrected chi connectivity index (χ1v) is 7.94. The van der Waals surface area contributed by atoms with Crippen LogP contribution in [-0.4, -0.2) is 44.8 Å². The second kappa shape index (κ2) is 5.32. The SMILES string of the molecule is O=S1CCN(c2cnc(CNC3CC3)cn2)CC1. The number of anilines is 1. The summed E-state index contributed by atoms with van der Waals surface area (Å²) in [6.07, 6.45) is 6.25. The molecule has 0 atom stereocenters. The number of nitrogens with one attached hydrogen (secondary N) is 1. The van der Waals surface area contributed by atoms with Gasteiger partial charge in [-0.15, -0.1) is 0 Å². The van der Waals surface area contributed by atoms with Crippen LogP contribution >= 0.6 is 0 Å². The molecule has 1 saturated heterocycles. The van der Waals surface area contributed by atoms with Gasteiger partial charge in [-0.1, -0.05) is 0 Å². The molecule has 0 unspecified atom stereocenters. The Balaban J connectivity index is 1.57. The molecule has 0 amide bonds. The van der Waals surface area contributed by atoms with Crippen molar-refractivity contribution in [2.75, 3.05) is 29.5 Å². The standard InChI is InChI=1S/C12H18N4OS/c17-18-5-3-16(4-6-18)12-9-14-11(8-15-12)7-13-10-1-2-10/h8-10,13H,1-7H2. The van der Waals surface area contributed by atoms with Crippen LogP contribution in [0.25, 0.3) is 0 Å². The van der Waals surface area contributed by atoms with E-state index < -0.39 is 10.8 Å². The molecule has 1 aromatic heterocycles. The molecule has 1 saturated carbocycles. The summed E-state index contributed by atoms with van der Waals surface area (Å²) < 4.78 is 11.3. The molecule has 98 valence electrons. The van der Waals surface area contributed by atoms with Crippen LogP contribution in [0.3, 0.4) is 0 Å². The van der Waals surface area contributed by atoms with Crippen molar-refractivity contribution in [1.29, 1.82) is 0 Å². The molecule has 2 fully saturated rings. The first kappa shape index (κ1) is 12.0. The van der Waals surface area contributed by atoms with Gasteiger partial charge < -0.3 is 10.2 Å². The van der Waals surface area contributed by atoms with Crippen LogP contribution in [0.4, 0.5) is 5.82 Å². The summed E-state index contributed by atoms with van der Waals surface area (Å²) in [4.78, 5) is 11.0. The summed E-state index contributed by atoms with van der Waals surface area (Å²) >= 11 is 0. The monoisotopic (exact) mass is 266 g/mol. The van der Waals surface area contributed by atoms with E-state index in [-0.39, 0.29) is 0 Å². The second-order valence-electron chi connectivity index (χ2n) is 4.86. The van der Waals surface area contributed by atoms with Crippen LogP contribution in [0.1, 0.15) is 18.5 Å². The molecule has 0 aromatic carbocycles. The fraction of sp³-hybridized carbons (Fsp3) is 0.667. The highest BCUT2D eigenvalue weighted by Gasteiger charge is 2.20. The lowest BCUT2D eigenvalue weighted by molar-refractivity contribution is 0.667. The molecule has 2 heterocycles. The van der Waals surface area contributed by atoms with Gasteiger partial charge in [0.1, 0.15) is 5.82 Å². The van der Waals surface area contributed by atoms with Gasteiger partial charge in [0.15, 0.2) is 0 Å². The second-order valence-corrected chi connectivity index (χ2v) is 6.55. The average molecular weight is 266 g/mol. The van der Waals surface area contributed by atoms with Crippen LogP contribution < -0.4 is 10.2 Å². The van der Waals surface area contributed by atoms with Gasteiger partial charge in [0, 0.05) is 48.0 Å². The summed E-state index contributed by atoms with van der Waals surface area (Å²) in [6, 6.07) is 0.698. The summed E-state index contributed by atoms with van der Waals surface area (Å²) in [5.41, 5.74) is 0.992. The first-order chi connectivity index (χ1) is 8.81. The summed E-state index contributed by atoms with van der Waals surface area (Å²) in [5, 5.41) is 3.42. The maximum absolute atomic E-state index is 11.3. The van der Waals surface area contributed by atoms with Crippen molar-refractivity contribution in [1.82, 2.24) is 15.3 Å². The van der Waals surface area contributed by atoms with Crippen molar-refractivity contribution in [3.8, 4) is 0 Å². The third-order valence-corrected chi connectivity index (χ3v) is 4.62. The lowest BCUT2D eigenvalue weighted by Crippen LogP contribution is -2.38. The van der Waals surface area contributed by atoms with E-state index in [1.165, 1.54) is 12.8 Å². The zero-order valence-electron chi connectivity index (χ0n) is 10.3. The van der Waals surface area contributed by atoms with Gasteiger partial charge in [-0.3, -0.25) is 9.19 Å². The maximum Gasteiger partial charge on any atom is 0.147 e. The van der Waals surface area contributed by atoms with E-state index in [0.717, 1.165) is 42.7 Å². The van der Waals surface area contributed by atoms with Crippen molar-refractivity contribution in [2.45, 2.75) is 25.4 Å². The maximum atomic E-state index is 11.3. The van der Waals surface area contributed by atoms with Crippen molar-refractivity contribution in [3.63, 3.8) is 0 Å². The van der Waals surface area contributed by atoms with Gasteiger partial charge in [0.25, 0.3) is 0 Å². The summed E-state index contributed by atoms with van der Waals surface area (Å²) in [6.45, 7) is 2.45. The molecule has 6 heteroatoms.